The molecule has 0 spiro atoms. The van der Waals surface area contributed by atoms with Gasteiger partial charge in [-0.1, -0.05) is 6.92 Å². The van der Waals surface area contributed by atoms with Gasteiger partial charge in [0.15, 0.2) is 15.9 Å². The summed E-state index contributed by atoms with van der Waals surface area (Å²) in [7, 11) is -10.5. The van der Waals surface area contributed by atoms with E-state index in [1.165, 1.54) is 20.8 Å². The quantitative estimate of drug-likeness (QED) is 0.145. The van der Waals surface area contributed by atoms with Crippen LogP contribution < -0.4 is 9.83 Å². The van der Waals surface area contributed by atoms with Crippen LogP contribution >= 0.6 is 0 Å². The van der Waals surface area contributed by atoms with Crippen molar-refractivity contribution >= 4 is 26.7 Å². The first-order valence-electron chi connectivity index (χ1n) is 10.4. The third kappa shape index (κ3) is 6.90. The fraction of sp³-hybridized carbons (Fsp3) is 0.833. The van der Waals surface area contributed by atoms with Gasteiger partial charge in [0, 0.05) is 5.41 Å². The molecule has 0 amide bonds. The highest BCUT2D eigenvalue weighted by atomic mass is 32.3. The predicted molar refractivity (Wildman–Crippen MR) is 111 cm³/mol. The van der Waals surface area contributed by atoms with Gasteiger partial charge >= 0.3 is 0 Å². The predicted octanol–water partition coefficient (Wildman–Crippen LogP) is -4.41. The van der Waals surface area contributed by atoms with E-state index in [9.17, 15) is 51.2 Å². The van der Waals surface area contributed by atoms with Crippen LogP contribution in [0.25, 0.3) is 0 Å². The number of ether oxygens (including phenoxy) is 3. The number of carboxylic acids is 1. The summed E-state index contributed by atoms with van der Waals surface area (Å²) in [6.07, 6.45) is -6.20. The molecular weight excluding hydrogens is 534 g/mol. The molecule has 1 fully saturated rings. The molecule has 210 valence electrons. The molecule has 2 rings (SSSR count). The van der Waals surface area contributed by atoms with Crippen molar-refractivity contribution in [2.24, 2.45) is 5.41 Å². The number of carboxylic acid groups (broad SMARTS) is 1. The molecule has 1 saturated heterocycles. The molecule has 18 heteroatoms. The standard InChI is InChI=1S/C18H31NO15S2/c1-16(2)12(19-35(25,26)27)13(22)17(3,11(6-20)33-16)7-31-8-18(4)14(34-36(28,29)30)9(21)5-10(32-18)15(23)24/h5,9,11-14,19-22H,6-8H2,1-4H3,(H,23,24)(H,25,26,27)(H,28,29,30)/p-3/t9-,11?,12?,13+,14?,17+,18+/m0/s1. The second kappa shape index (κ2) is 10.4. The van der Waals surface area contributed by atoms with Crippen molar-refractivity contribution in [1.29, 1.82) is 0 Å². The van der Waals surface area contributed by atoms with Gasteiger partial charge in [-0.2, -0.15) is 0 Å². The molecule has 3 unspecified atom stereocenters. The van der Waals surface area contributed by atoms with Gasteiger partial charge in [-0.25, -0.2) is 21.6 Å². The Bertz CT molecular complexity index is 1070. The highest BCUT2D eigenvalue weighted by Gasteiger charge is 2.57. The molecule has 0 aromatic rings. The largest absolute Gasteiger partial charge is 0.735 e. The summed E-state index contributed by atoms with van der Waals surface area (Å²) in [4.78, 5) is 11.3. The molecule has 16 nitrogen and oxygen atoms in total. The van der Waals surface area contributed by atoms with Gasteiger partial charge in [0.2, 0.25) is 10.4 Å². The van der Waals surface area contributed by atoms with Gasteiger partial charge in [-0.05, 0) is 26.8 Å². The summed E-state index contributed by atoms with van der Waals surface area (Å²) >= 11 is 0. The Balaban J connectivity index is 2.33. The highest BCUT2D eigenvalue weighted by Crippen LogP contribution is 2.42. The Kier molecular flexibility index (Phi) is 8.86. The van der Waals surface area contributed by atoms with E-state index in [1.54, 1.807) is 4.72 Å². The molecular formula is C18H28NO15S2-3. The lowest BCUT2D eigenvalue weighted by Gasteiger charge is -2.55. The van der Waals surface area contributed by atoms with Crippen molar-refractivity contribution in [1.82, 2.24) is 4.72 Å². The monoisotopic (exact) mass is 562 g/mol. The zero-order valence-corrected chi connectivity index (χ0v) is 21.3. The first-order valence-corrected chi connectivity index (χ1v) is 13.1. The number of carbonyl (C=O) groups is 1. The minimum absolute atomic E-state index is 0.566. The first kappa shape index (κ1) is 30.8. The maximum atomic E-state index is 11.3. The number of aliphatic hydroxyl groups is 3. The van der Waals surface area contributed by atoms with Crippen LogP contribution in [0.15, 0.2) is 11.8 Å². The van der Waals surface area contributed by atoms with Gasteiger partial charge in [0.1, 0.15) is 23.9 Å². The number of rotatable bonds is 10. The molecule has 4 N–H and O–H groups in total. The SMILES string of the molecule is CC1(C)OC(CO)[C@@](C)(COC[C@@]2(C)OC(C(=O)[O-])=C[C@H](O)C2OS(=O)(=O)[O-])[C@H](O)C1NS(=O)(=O)[O-]. The Hall–Kier alpha value is -1.45. The van der Waals surface area contributed by atoms with Gasteiger partial charge < -0.3 is 48.5 Å². The smallest absolute Gasteiger partial charge is 0.218 e. The van der Waals surface area contributed by atoms with E-state index in [4.69, 9.17) is 14.2 Å². The van der Waals surface area contributed by atoms with E-state index in [1.807, 2.05) is 0 Å². The van der Waals surface area contributed by atoms with E-state index in [0.717, 1.165) is 6.92 Å². The van der Waals surface area contributed by atoms with Crippen LogP contribution in [-0.2, 0) is 43.9 Å². The molecule has 7 atom stereocenters. The second-order valence-electron chi connectivity index (χ2n) is 9.53. The van der Waals surface area contributed by atoms with E-state index in [2.05, 4.69) is 4.18 Å². The minimum atomic E-state index is -5.41. The summed E-state index contributed by atoms with van der Waals surface area (Å²) in [6.45, 7) is 3.15. The normalized spacial score (nSPS) is 37.1. The topological polar surface area (TPSA) is 264 Å². The number of nitrogens with one attached hydrogen (secondary N) is 1. The molecule has 0 saturated carbocycles. The van der Waals surface area contributed by atoms with Gasteiger partial charge in [-0.15, -0.1) is 0 Å². The van der Waals surface area contributed by atoms with E-state index >= 15 is 0 Å². The summed E-state index contributed by atoms with van der Waals surface area (Å²) in [5, 5.41) is 42.3. The zero-order valence-electron chi connectivity index (χ0n) is 19.6. The number of hydrogen-bond acceptors (Lipinski definition) is 15. The number of hydrogen-bond donors (Lipinski definition) is 4. The summed E-state index contributed by atoms with van der Waals surface area (Å²) < 4.78 is 90.0. The third-order valence-electron chi connectivity index (χ3n) is 6.16. The van der Waals surface area contributed by atoms with Crippen molar-refractivity contribution in [3.8, 4) is 0 Å². The molecule has 0 aromatic heterocycles. The van der Waals surface area contributed by atoms with E-state index in [-0.39, 0.29) is 0 Å². The van der Waals surface area contributed by atoms with E-state index in [0.29, 0.717) is 6.08 Å². The number of carbonyl (C=O) groups excluding carboxylic acids is 1. The third-order valence-corrected chi connectivity index (χ3v) is 7.15. The van der Waals surface area contributed by atoms with Crippen molar-refractivity contribution in [3.05, 3.63) is 11.8 Å². The summed E-state index contributed by atoms with van der Waals surface area (Å²) in [6, 6.07) is -1.49. The second-order valence-corrected chi connectivity index (χ2v) is 11.7. The minimum Gasteiger partial charge on any atom is -0.735 e. The van der Waals surface area contributed by atoms with Gasteiger partial charge in [0.05, 0.1) is 43.7 Å². The van der Waals surface area contributed by atoms with Crippen LogP contribution in [0, 0.1) is 5.41 Å². The van der Waals surface area contributed by atoms with Crippen LogP contribution in [0.2, 0.25) is 0 Å². The average molecular weight is 563 g/mol. The molecule has 2 aliphatic rings. The van der Waals surface area contributed by atoms with Gasteiger partial charge in [-0.3, -0.25) is 4.18 Å². The maximum absolute atomic E-state index is 11.3. The van der Waals surface area contributed by atoms with Crippen LogP contribution in [-0.4, -0.2) is 109 Å². The highest BCUT2D eigenvalue weighted by molar-refractivity contribution is 7.83. The van der Waals surface area contributed by atoms with Crippen LogP contribution in [0.4, 0.5) is 0 Å². The molecule has 36 heavy (non-hydrogen) atoms. The zero-order chi connectivity index (χ0) is 27.9. The summed E-state index contributed by atoms with van der Waals surface area (Å²) in [5.74, 6) is -2.77. The van der Waals surface area contributed by atoms with Crippen molar-refractivity contribution in [3.63, 3.8) is 0 Å². The Morgan fingerprint density at radius 1 is 1.14 bits per heavy atom. The molecule has 2 aliphatic heterocycles. The fourth-order valence-electron chi connectivity index (χ4n) is 4.24. The van der Waals surface area contributed by atoms with Crippen molar-refractivity contribution in [2.75, 3.05) is 19.8 Å². The van der Waals surface area contributed by atoms with Crippen molar-refractivity contribution < 1.29 is 69.6 Å². The van der Waals surface area contributed by atoms with Crippen LogP contribution in [0.5, 0.6) is 0 Å². The average Bonchev–Trinajstić information content (AvgIpc) is 2.69. The Morgan fingerprint density at radius 2 is 1.72 bits per heavy atom. The molecule has 0 bridgehead atoms. The van der Waals surface area contributed by atoms with E-state index < -0.39 is 99.3 Å². The molecule has 0 radical (unpaired) electrons. The Morgan fingerprint density at radius 3 is 2.19 bits per heavy atom. The summed E-state index contributed by atoms with van der Waals surface area (Å²) in [5.41, 5.74) is -5.17. The lowest BCUT2D eigenvalue weighted by molar-refractivity contribution is -0.307. The van der Waals surface area contributed by atoms with Gasteiger partial charge in [0.25, 0.3) is 0 Å². The fourth-order valence-corrected chi connectivity index (χ4v) is 5.53. The molecule has 2 heterocycles. The molecule has 0 aromatic carbocycles. The first-order chi connectivity index (χ1) is 16.2. The number of aliphatic hydroxyl groups excluding tert-OH is 3. The molecule has 0 aliphatic carbocycles. The lowest BCUT2D eigenvalue weighted by Crippen LogP contribution is -2.70. The Labute approximate surface area is 207 Å². The van der Waals surface area contributed by atoms with Crippen LogP contribution in [0.1, 0.15) is 27.7 Å². The lowest BCUT2D eigenvalue weighted by atomic mass is 9.70. The maximum Gasteiger partial charge on any atom is 0.218 e. The van der Waals surface area contributed by atoms with Crippen LogP contribution in [0.3, 0.4) is 0 Å². The number of aliphatic carboxylic acids is 1. The van der Waals surface area contributed by atoms with Crippen molar-refractivity contribution in [2.45, 2.75) is 69.4 Å².